The first-order valence-corrected chi connectivity index (χ1v) is 3.37. The molecule has 62 valence electrons. The summed E-state index contributed by atoms with van der Waals surface area (Å²) in [7, 11) is 0. The van der Waals surface area contributed by atoms with Gasteiger partial charge in [-0.1, -0.05) is 0 Å². The second kappa shape index (κ2) is 2.87. The average molecular weight is 158 g/mol. The van der Waals surface area contributed by atoms with Gasteiger partial charge in [0.15, 0.2) is 0 Å². The monoisotopic (exact) mass is 158 g/mol. The fourth-order valence-electron chi connectivity index (χ4n) is 0.962. The average Bonchev–Trinajstić information content (AvgIpc) is 2.30. The van der Waals surface area contributed by atoms with Crippen molar-refractivity contribution in [3.8, 4) is 0 Å². The molecular weight excluding hydrogens is 148 g/mol. The van der Waals surface area contributed by atoms with Gasteiger partial charge in [-0.15, -0.1) is 0 Å². The number of hydrogen-bond acceptors (Lipinski definition) is 3. The van der Waals surface area contributed by atoms with E-state index < -0.39 is 12.1 Å². The minimum atomic E-state index is -0.426. The maximum Gasteiger partial charge on any atom is 0.324 e. The Bertz CT molecular complexity index is 176. The van der Waals surface area contributed by atoms with E-state index in [4.69, 9.17) is 5.11 Å². The summed E-state index contributed by atoms with van der Waals surface area (Å²) in [5.41, 5.74) is 0. The van der Waals surface area contributed by atoms with E-state index in [0.717, 1.165) is 4.90 Å². The van der Waals surface area contributed by atoms with E-state index in [1.54, 1.807) is 6.92 Å². The molecule has 0 aliphatic carbocycles. The van der Waals surface area contributed by atoms with Gasteiger partial charge in [0.2, 0.25) is 5.91 Å². The van der Waals surface area contributed by atoms with Crippen molar-refractivity contribution in [1.82, 2.24) is 10.2 Å². The summed E-state index contributed by atoms with van der Waals surface area (Å²) in [4.78, 5) is 22.8. The van der Waals surface area contributed by atoms with E-state index in [9.17, 15) is 9.59 Å². The minimum absolute atomic E-state index is 0.0448. The Labute approximate surface area is 64.0 Å². The van der Waals surface area contributed by atoms with Crippen LogP contribution in [0.2, 0.25) is 0 Å². The molecule has 1 heterocycles. The predicted octanol–water partition coefficient (Wildman–Crippen LogP) is -1.08. The van der Waals surface area contributed by atoms with Gasteiger partial charge in [0, 0.05) is 0 Å². The summed E-state index contributed by atoms with van der Waals surface area (Å²) < 4.78 is 0. The molecule has 0 unspecified atom stereocenters. The second-order valence-corrected chi connectivity index (χ2v) is 2.45. The van der Waals surface area contributed by atoms with Crippen molar-refractivity contribution < 1.29 is 14.7 Å². The van der Waals surface area contributed by atoms with Crippen LogP contribution >= 0.6 is 0 Å². The van der Waals surface area contributed by atoms with E-state index in [2.05, 4.69) is 5.32 Å². The van der Waals surface area contributed by atoms with Gasteiger partial charge in [0.25, 0.3) is 0 Å². The first-order chi connectivity index (χ1) is 5.16. The molecule has 5 heteroatoms. The summed E-state index contributed by atoms with van der Waals surface area (Å²) >= 11 is 0. The lowest BCUT2D eigenvalue weighted by atomic mass is 10.3. The Kier molecular flexibility index (Phi) is 2.09. The Hall–Kier alpha value is -1.10. The quantitative estimate of drug-likeness (QED) is 0.502. The molecule has 1 saturated heterocycles. The van der Waals surface area contributed by atoms with Crippen molar-refractivity contribution in [3.05, 3.63) is 0 Å². The van der Waals surface area contributed by atoms with Crippen LogP contribution in [-0.4, -0.2) is 41.1 Å². The predicted molar refractivity (Wildman–Crippen MR) is 36.8 cm³/mol. The first kappa shape index (κ1) is 8.00. The summed E-state index contributed by atoms with van der Waals surface area (Å²) in [6, 6.07) is -0.846. The highest BCUT2D eigenvalue weighted by molar-refractivity contribution is 6.02. The number of nitrogens with one attached hydrogen (secondary N) is 1. The third-order valence-corrected chi connectivity index (χ3v) is 1.58. The number of imide groups is 1. The van der Waals surface area contributed by atoms with E-state index >= 15 is 0 Å². The fourth-order valence-corrected chi connectivity index (χ4v) is 0.962. The van der Waals surface area contributed by atoms with Crippen molar-refractivity contribution in [2.75, 3.05) is 13.2 Å². The van der Waals surface area contributed by atoms with Crippen LogP contribution in [0, 0.1) is 0 Å². The number of aliphatic hydroxyl groups excluding tert-OH is 1. The van der Waals surface area contributed by atoms with Crippen molar-refractivity contribution in [1.29, 1.82) is 0 Å². The van der Waals surface area contributed by atoms with E-state index in [-0.39, 0.29) is 19.1 Å². The SMILES string of the molecule is C[C@@H](CO)N1C(=O)CNC1=O. The number of urea groups is 1. The van der Waals surface area contributed by atoms with Gasteiger partial charge in [0.05, 0.1) is 19.2 Å². The molecular formula is C6H10N2O3. The van der Waals surface area contributed by atoms with Gasteiger partial charge in [-0.2, -0.15) is 0 Å². The van der Waals surface area contributed by atoms with Crippen molar-refractivity contribution >= 4 is 11.9 Å². The van der Waals surface area contributed by atoms with Crippen LogP contribution in [0.1, 0.15) is 6.92 Å². The van der Waals surface area contributed by atoms with Gasteiger partial charge >= 0.3 is 6.03 Å². The zero-order chi connectivity index (χ0) is 8.43. The van der Waals surface area contributed by atoms with Crippen LogP contribution in [0.5, 0.6) is 0 Å². The molecule has 0 spiro atoms. The summed E-state index contributed by atoms with van der Waals surface area (Å²) in [6.07, 6.45) is 0. The smallest absolute Gasteiger partial charge is 0.324 e. The molecule has 11 heavy (non-hydrogen) atoms. The Morgan fingerprint density at radius 2 is 2.36 bits per heavy atom. The lowest BCUT2D eigenvalue weighted by Crippen LogP contribution is -2.40. The molecule has 1 atom stereocenters. The number of carbonyl (C=O) groups is 2. The summed E-state index contributed by atoms with van der Waals surface area (Å²) in [5.74, 6) is -0.281. The zero-order valence-electron chi connectivity index (χ0n) is 6.20. The minimum Gasteiger partial charge on any atom is -0.394 e. The molecule has 0 radical (unpaired) electrons. The van der Waals surface area contributed by atoms with Gasteiger partial charge in [0.1, 0.15) is 0 Å². The van der Waals surface area contributed by atoms with Gasteiger partial charge < -0.3 is 10.4 Å². The summed E-state index contributed by atoms with van der Waals surface area (Å²) in [6.45, 7) is 1.46. The lowest BCUT2D eigenvalue weighted by molar-refractivity contribution is -0.126. The Morgan fingerprint density at radius 3 is 2.73 bits per heavy atom. The molecule has 0 aromatic carbocycles. The molecule has 2 N–H and O–H groups in total. The maximum absolute atomic E-state index is 10.9. The molecule has 0 aromatic rings. The summed E-state index contributed by atoms with van der Waals surface area (Å²) in [5, 5.41) is 11.0. The normalized spacial score (nSPS) is 20.4. The molecule has 5 nitrogen and oxygen atoms in total. The number of hydrogen-bond donors (Lipinski definition) is 2. The highest BCUT2D eigenvalue weighted by Gasteiger charge is 2.31. The molecule has 3 amide bonds. The van der Waals surface area contributed by atoms with Crippen LogP contribution in [0.25, 0.3) is 0 Å². The maximum atomic E-state index is 10.9. The highest BCUT2D eigenvalue weighted by Crippen LogP contribution is 2.04. The first-order valence-electron chi connectivity index (χ1n) is 3.37. The molecule has 0 saturated carbocycles. The standard InChI is InChI=1S/C6H10N2O3/c1-4(3-9)8-5(10)2-7-6(8)11/h4,9H,2-3H2,1H3,(H,7,11)/t4-/m0/s1. The molecule has 1 fully saturated rings. The highest BCUT2D eigenvalue weighted by atomic mass is 16.3. The van der Waals surface area contributed by atoms with Crippen molar-refractivity contribution in [3.63, 3.8) is 0 Å². The van der Waals surface area contributed by atoms with Gasteiger partial charge in [-0.25, -0.2) is 4.79 Å². The van der Waals surface area contributed by atoms with E-state index in [0.29, 0.717) is 0 Å². The molecule has 1 rings (SSSR count). The van der Waals surface area contributed by atoms with Gasteiger partial charge in [-0.05, 0) is 6.92 Å². The van der Waals surface area contributed by atoms with Crippen LogP contribution < -0.4 is 5.32 Å². The second-order valence-electron chi connectivity index (χ2n) is 2.45. The Morgan fingerprint density at radius 1 is 1.73 bits per heavy atom. The van der Waals surface area contributed by atoms with E-state index in [1.807, 2.05) is 0 Å². The molecule has 0 bridgehead atoms. The van der Waals surface area contributed by atoms with E-state index in [1.165, 1.54) is 0 Å². The Balaban J connectivity index is 2.68. The van der Waals surface area contributed by atoms with Crippen LogP contribution in [0.4, 0.5) is 4.79 Å². The van der Waals surface area contributed by atoms with Crippen LogP contribution in [0.3, 0.4) is 0 Å². The molecule has 0 aromatic heterocycles. The number of carbonyl (C=O) groups excluding carboxylic acids is 2. The third-order valence-electron chi connectivity index (χ3n) is 1.58. The number of rotatable bonds is 2. The lowest BCUT2D eigenvalue weighted by Gasteiger charge is -2.18. The molecule has 1 aliphatic heterocycles. The third kappa shape index (κ3) is 1.32. The zero-order valence-corrected chi connectivity index (χ0v) is 6.20. The fraction of sp³-hybridized carbons (Fsp3) is 0.667. The number of aliphatic hydroxyl groups is 1. The van der Waals surface area contributed by atoms with Crippen LogP contribution in [-0.2, 0) is 4.79 Å². The van der Waals surface area contributed by atoms with Crippen molar-refractivity contribution in [2.45, 2.75) is 13.0 Å². The topological polar surface area (TPSA) is 69.6 Å². The largest absolute Gasteiger partial charge is 0.394 e. The number of nitrogens with zero attached hydrogens (tertiary/aromatic N) is 1. The number of amides is 3. The molecule has 1 aliphatic rings. The van der Waals surface area contributed by atoms with Gasteiger partial charge in [-0.3, -0.25) is 9.69 Å². The van der Waals surface area contributed by atoms with Crippen LogP contribution in [0.15, 0.2) is 0 Å². The van der Waals surface area contributed by atoms with Crippen molar-refractivity contribution in [2.24, 2.45) is 0 Å².